The molecule has 112 valence electrons. The van der Waals surface area contributed by atoms with Gasteiger partial charge in [0.15, 0.2) is 0 Å². The lowest BCUT2D eigenvalue weighted by Gasteiger charge is -2.21. The maximum absolute atomic E-state index is 12.0. The summed E-state index contributed by atoms with van der Waals surface area (Å²) >= 11 is 0. The highest BCUT2D eigenvalue weighted by Crippen LogP contribution is 2.13. The molecule has 0 aliphatic heterocycles. The van der Waals surface area contributed by atoms with E-state index in [9.17, 15) is 4.79 Å². The maximum atomic E-state index is 12.0. The molecule has 1 unspecified atom stereocenters. The lowest BCUT2D eigenvalue weighted by atomic mass is 10.1. The standard InChI is InChI=1S/C16H25NO3/c1-5-7-16(20-12(2)3)17-15(18)11-13-8-6-9-14(10-13)19-4/h6,8-10,12,16H,5,7,11H2,1-4H3,(H,17,18). The van der Waals surface area contributed by atoms with Gasteiger partial charge in [0, 0.05) is 0 Å². The van der Waals surface area contributed by atoms with Crippen molar-refractivity contribution < 1.29 is 14.3 Å². The Morgan fingerprint density at radius 2 is 2.10 bits per heavy atom. The third-order valence-corrected chi connectivity index (χ3v) is 2.81. The van der Waals surface area contributed by atoms with E-state index in [1.54, 1.807) is 7.11 Å². The molecule has 0 saturated heterocycles. The van der Waals surface area contributed by atoms with E-state index in [-0.39, 0.29) is 18.2 Å². The van der Waals surface area contributed by atoms with Gasteiger partial charge in [-0.1, -0.05) is 25.5 Å². The molecule has 0 aliphatic rings. The van der Waals surface area contributed by atoms with E-state index in [4.69, 9.17) is 9.47 Å². The zero-order chi connectivity index (χ0) is 15.0. The quantitative estimate of drug-likeness (QED) is 0.744. The molecule has 4 heteroatoms. The van der Waals surface area contributed by atoms with Crippen molar-refractivity contribution in [2.45, 2.75) is 52.4 Å². The molecule has 4 nitrogen and oxygen atoms in total. The van der Waals surface area contributed by atoms with Crippen LogP contribution in [0.15, 0.2) is 24.3 Å². The molecule has 0 radical (unpaired) electrons. The largest absolute Gasteiger partial charge is 0.497 e. The van der Waals surface area contributed by atoms with E-state index in [2.05, 4.69) is 12.2 Å². The molecular formula is C16H25NO3. The average molecular weight is 279 g/mol. The second kappa shape index (κ2) is 8.59. The van der Waals surface area contributed by atoms with Gasteiger partial charge in [0.25, 0.3) is 0 Å². The fourth-order valence-electron chi connectivity index (χ4n) is 1.96. The summed E-state index contributed by atoms with van der Waals surface area (Å²) in [5, 5.41) is 2.93. The second-order valence-electron chi connectivity index (χ2n) is 5.06. The van der Waals surface area contributed by atoms with Gasteiger partial charge < -0.3 is 14.8 Å². The Bertz CT molecular complexity index is 418. The van der Waals surface area contributed by atoms with Crippen molar-refractivity contribution in [3.8, 4) is 5.75 Å². The van der Waals surface area contributed by atoms with Crippen LogP contribution in [0.5, 0.6) is 5.75 Å². The highest BCUT2D eigenvalue weighted by Gasteiger charge is 2.13. The number of methoxy groups -OCH3 is 1. The van der Waals surface area contributed by atoms with Crippen LogP contribution >= 0.6 is 0 Å². The summed E-state index contributed by atoms with van der Waals surface area (Å²) in [7, 11) is 1.62. The first-order valence-electron chi connectivity index (χ1n) is 7.13. The number of benzene rings is 1. The van der Waals surface area contributed by atoms with Gasteiger partial charge in [-0.2, -0.15) is 0 Å². The molecule has 20 heavy (non-hydrogen) atoms. The molecule has 1 atom stereocenters. The third kappa shape index (κ3) is 6.06. The van der Waals surface area contributed by atoms with E-state index in [1.807, 2.05) is 38.1 Å². The Morgan fingerprint density at radius 3 is 2.70 bits per heavy atom. The molecule has 0 saturated carbocycles. The van der Waals surface area contributed by atoms with Crippen molar-refractivity contribution in [2.24, 2.45) is 0 Å². The number of rotatable bonds is 8. The molecule has 0 fully saturated rings. The van der Waals surface area contributed by atoms with Crippen molar-refractivity contribution in [3.05, 3.63) is 29.8 Å². The molecule has 1 rings (SSSR count). The van der Waals surface area contributed by atoms with Gasteiger partial charge >= 0.3 is 0 Å². The van der Waals surface area contributed by atoms with Gasteiger partial charge in [0.2, 0.25) is 5.91 Å². The number of hydrogen-bond donors (Lipinski definition) is 1. The van der Waals surface area contributed by atoms with Crippen molar-refractivity contribution in [3.63, 3.8) is 0 Å². The lowest BCUT2D eigenvalue weighted by Crippen LogP contribution is -2.39. The Hall–Kier alpha value is -1.55. The zero-order valence-electron chi connectivity index (χ0n) is 12.8. The molecule has 0 spiro atoms. The van der Waals surface area contributed by atoms with Crippen LogP contribution in [0.25, 0.3) is 0 Å². The minimum absolute atomic E-state index is 0.0302. The van der Waals surface area contributed by atoms with Crippen LogP contribution < -0.4 is 10.1 Å². The van der Waals surface area contributed by atoms with Gasteiger partial charge in [0.05, 0.1) is 19.6 Å². The van der Waals surface area contributed by atoms with E-state index < -0.39 is 0 Å². The Labute approximate surface area is 121 Å². The Kier molecular flexibility index (Phi) is 7.09. The van der Waals surface area contributed by atoms with Crippen LogP contribution in [-0.2, 0) is 16.0 Å². The normalized spacial score (nSPS) is 12.2. The first-order valence-corrected chi connectivity index (χ1v) is 7.13. The van der Waals surface area contributed by atoms with Gasteiger partial charge in [0.1, 0.15) is 12.0 Å². The van der Waals surface area contributed by atoms with Crippen molar-refractivity contribution in [1.82, 2.24) is 5.32 Å². The van der Waals surface area contributed by atoms with Crippen LogP contribution in [-0.4, -0.2) is 25.3 Å². The molecule has 1 aromatic rings. The first kappa shape index (κ1) is 16.5. The predicted octanol–water partition coefficient (Wildman–Crippen LogP) is 2.91. The van der Waals surface area contributed by atoms with Gasteiger partial charge in [-0.25, -0.2) is 0 Å². The fraction of sp³-hybridized carbons (Fsp3) is 0.562. The number of nitrogens with one attached hydrogen (secondary N) is 1. The van der Waals surface area contributed by atoms with Crippen LogP contribution in [0.3, 0.4) is 0 Å². The lowest BCUT2D eigenvalue weighted by molar-refractivity contribution is -0.126. The summed E-state index contributed by atoms with van der Waals surface area (Å²) in [5.41, 5.74) is 0.932. The van der Waals surface area contributed by atoms with Gasteiger partial charge in [-0.15, -0.1) is 0 Å². The number of carbonyl (C=O) groups is 1. The fourth-order valence-corrected chi connectivity index (χ4v) is 1.96. The summed E-state index contributed by atoms with van der Waals surface area (Å²) in [6.45, 7) is 6.01. The monoisotopic (exact) mass is 279 g/mol. The van der Waals surface area contributed by atoms with E-state index >= 15 is 0 Å². The first-order chi connectivity index (χ1) is 9.55. The van der Waals surface area contributed by atoms with Crippen LogP contribution in [0.2, 0.25) is 0 Å². The third-order valence-electron chi connectivity index (χ3n) is 2.81. The number of carbonyl (C=O) groups excluding carboxylic acids is 1. The summed E-state index contributed by atoms with van der Waals surface area (Å²) in [6, 6.07) is 7.54. The number of ether oxygens (including phenoxy) is 2. The minimum Gasteiger partial charge on any atom is -0.497 e. The summed E-state index contributed by atoms with van der Waals surface area (Å²) in [6.07, 6.45) is 2.01. The minimum atomic E-state index is -0.210. The van der Waals surface area contributed by atoms with Crippen molar-refractivity contribution >= 4 is 5.91 Å². The molecule has 0 bridgehead atoms. The van der Waals surface area contributed by atoms with E-state index in [1.165, 1.54) is 0 Å². The Balaban J connectivity index is 2.55. The highest BCUT2D eigenvalue weighted by atomic mass is 16.5. The van der Waals surface area contributed by atoms with E-state index in [0.717, 1.165) is 24.2 Å². The Morgan fingerprint density at radius 1 is 1.35 bits per heavy atom. The van der Waals surface area contributed by atoms with Crippen LogP contribution in [0.1, 0.15) is 39.2 Å². The SMILES string of the molecule is CCCC(NC(=O)Cc1cccc(OC)c1)OC(C)C. The van der Waals surface area contributed by atoms with E-state index in [0.29, 0.717) is 6.42 Å². The second-order valence-corrected chi connectivity index (χ2v) is 5.06. The topological polar surface area (TPSA) is 47.6 Å². The molecule has 0 aromatic heterocycles. The van der Waals surface area contributed by atoms with Gasteiger partial charge in [-0.3, -0.25) is 4.79 Å². The average Bonchev–Trinajstić information content (AvgIpc) is 2.38. The zero-order valence-corrected chi connectivity index (χ0v) is 12.8. The molecule has 0 aliphatic carbocycles. The number of hydrogen-bond acceptors (Lipinski definition) is 3. The summed E-state index contributed by atoms with van der Waals surface area (Å²) < 4.78 is 10.8. The maximum Gasteiger partial charge on any atom is 0.226 e. The smallest absolute Gasteiger partial charge is 0.226 e. The van der Waals surface area contributed by atoms with Crippen molar-refractivity contribution in [2.75, 3.05) is 7.11 Å². The predicted molar refractivity (Wildman–Crippen MR) is 79.8 cm³/mol. The van der Waals surface area contributed by atoms with Crippen LogP contribution in [0, 0.1) is 0 Å². The van der Waals surface area contributed by atoms with Crippen molar-refractivity contribution in [1.29, 1.82) is 0 Å². The highest BCUT2D eigenvalue weighted by molar-refractivity contribution is 5.78. The molecule has 1 aromatic carbocycles. The van der Waals surface area contributed by atoms with Gasteiger partial charge in [-0.05, 0) is 38.0 Å². The summed E-state index contributed by atoms with van der Waals surface area (Å²) in [5.74, 6) is 0.733. The molecular weight excluding hydrogens is 254 g/mol. The molecule has 0 heterocycles. The number of amides is 1. The summed E-state index contributed by atoms with van der Waals surface area (Å²) in [4.78, 5) is 12.0. The molecule has 1 N–H and O–H groups in total. The van der Waals surface area contributed by atoms with Crippen LogP contribution in [0.4, 0.5) is 0 Å². The molecule has 1 amide bonds.